The monoisotopic (exact) mass is 534 g/mol. The van der Waals surface area contributed by atoms with E-state index in [1.807, 2.05) is 0 Å². The molecule has 2 heterocycles. The van der Waals surface area contributed by atoms with E-state index in [0.29, 0.717) is 10.6 Å². The molecule has 36 heavy (non-hydrogen) atoms. The molecule has 18 heteroatoms. The number of hydrogen-bond acceptors (Lipinski definition) is 7. The molecule has 0 aliphatic rings. The molecule has 0 saturated carbocycles. The third-order valence-electron chi connectivity index (χ3n) is 3.85. The molecule has 0 bridgehead atoms. The zero-order valence-electron chi connectivity index (χ0n) is 17.1. The van der Waals surface area contributed by atoms with Crippen LogP contribution in [-0.2, 0) is 0 Å². The van der Waals surface area contributed by atoms with Crippen LogP contribution in [0, 0.1) is 0 Å². The Balaban J connectivity index is 2.00. The normalized spacial score (nSPS) is 12.5. The molecule has 1 aromatic carbocycles. The van der Waals surface area contributed by atoms with Crippen molar-refractivity contribution in [3.63, 3.8) is 0 Å². The SMILES string of the molecule is O=c1n(-c2ccc(OC(F)(F)F)cc2)cc(O)n1-c1nc(OCC(F)(F)F)cc(OCC(F)(F)F)n1. The molecule has 3 rings (SSSR count). The van der Waals surface area contributed by atoms with E-state index in [1.165, 1.54) is 0 Å². The molecule has 0 spiro atoms. The molecule has 0 radical (unpaired) electrons. The van der Waals surface area contributed by atoms with E-state index in [2.05, 4.69) is 24.2 Å². The Bertz CT molecular complexity index is 1230. The van der Waals surface area contributed by atoms with E-state index in [9.17, 15) is 49.4 Å². The third kappa shape index (κ3) is 7.19. The van der Waals surface area contributed by atoms with Gasteiger partial charge in [0, 0.05) is 0 Å². The molecule has 0 aliphatic carbocycles. The fraction of sp³-hybridized carbons (Fsp3) is 0.278. The summed E-state index contributed by atoms with van der Waals surface area (Å²) in [5.74, 6) is -4.38. The van der Waals surface area contributed by atoms with Crippen LogP contribution in [0.4, 0.5) is 39.5 Å². The Morgan fingerprint density at radius 2 is 1.33 bits per heavy atom. The number of benzene rings is 1. The van der Waals surface area contributed by atoms with Crippen molar-refractivity contribution in [3.05, 3.63) is 47.0 Å². The Morgan fingerprint density at radius 1 is 0.833 bits per heavy atom. The minimum atomic E-state index is -4.98. The van der Waals surface area contributed by atoms with Gasteiger partial charge in [-0.15, -0.1) is 13.2 Å². The van der Waals surface area contributed by atoms with Gasteiger partial charge in [0.25, 0.3) is 0 Å². The fourth-order valence-corrected chi connectivity index (χ4v) is 2.57. The number of hydrogen-bond donors (Lipinski definition) is 1. The Kier molecular flexibility index (Phi) is 6.99. The van der Waals surface area contributed by atoms with Crippen LogP contribution in [0.5, 0.6) is 23.4 Å². The highest BCUT2D eigenvalue weighted by Gasteiger charge is 2.32. The number of nitrogens with zero attached hydrogens (tertiary/aromatic N) is 4. The predicted octanol–water partition coefficient (Wildman–Crippen LogP) is 3.90. The van der Waals surface area contributed by atoms with E-state index < -0.39 is 67.0 Å². The average Bonchev–Trinajstić information content (AvgIpc) is 3.03. The van der Waals surface area contributed by atoms with Crippen LogP contribution in [-0.4, -0.2) is 56.1 Å². The van der Waals surface area contributed by atoms with E-state index in [4.69, 9.17) is 0 Å². The highest BCUT2D eigenvalue weighted by molar-refractivity contribution is 5.40. The highest BCUT2D eigenvalue weighted by atomic mass is 19.4. The second-order valence-electron chi connectivity index (χ2n) is 6.67. The number of aromatic nitrogens is 4. The van der Waals surface area contributed by atoms with Crippen molar-refractivity contribution in [2.45, 2.75) is 18.7 Å². The molecule has 1 N–H and O–H groups in total. The first-order chi connectivity index (χ1) is 16.5. The van der Waals surface area contributed by atoms with Gasteiger partial charge < -0.3 is 19.3 Å². The van der Waals surface area contributed by atoms with Crippen LogP contribution in [0.2, 0.25) is 0 Å². The Hall–Kier alpha value is -4.12. The van der Waals surface area contributed by atoms with E-state index in [1.54, 1.807) is 0 Å². The lowest BCUT2D eigenvalue weighted by Gasteiger charge is -2.13. The summed E-state index contributed by atoms with van der Waals surface area (Å²) in [6.45, 7) is -3.81. The topological polar surface area (TPSA) is 101 Å². The molecule has 2 aromatic heterocycles. The van der Waals surface area contributed by atoms with Crippen molar-refractivity contribution in [2.75, 3.05) is 13.2 Å². The second kappa shape index (κ2) is 9.50. The van der Waals surface area contributed by atoms with Crippen LogP contribution in [0.3, 0.4) is 0 Å². The summed E-state index contributed by atoms with van der Waals surface area (Å²) in [7, 11) is 0. The molecule has 3 aromatic rings. The van der Waals surface area contributed by atoms with E-state index in [-0.39, 0.29) is 10.3 Å². The summed E-state index contributed by atoms with van der Waals surface area (Å²) in [4.78, 5) is 19.8. The smallest absolute Gasteiger partial charge is 0.493 e. The molecule has 0 unspecified atom stereocenters. The van der Waals surface area contributed by atoms with Gasteiger partial charge in [-0.3, -0.25) is 4.57 Å². The first kappa shape index (κ1) is 26.5. The summed E-state index contributed by atoms with van der Waals surface area (Å²) in [6, 6.07) is 4.17. The molecule has 9 nitrogen and oxygen atoms in total. The van der Waals surface area contributed by atoms with Crippen molar-refractivity contribution in [3.8, 4) is 35.0 Å². The lowest BCUT2D eigenvalue weighted by Crippen LogP contribution is -2.25. The van der Waals surface area contributed by atoms with Gasteiger partial charge in [-0.25, -0.2) is 4.79 Å². The third-order valence-corrected chi connectivity index (χ3v) is 3.85. The maximum Gasteiger partial charge on any atom is 0.573 e. The summed E-state index contributed by atoms with van der Waals surface area (Å²) >= 11 is 0. The lowest BCUT2D eigenvalue weighted by molar-refractivity contribution is -0.274. The number of rotatable bonds is 7. The van der Waals surface area contributed by atoms with Crippen LogP contribution >= 0.6 is 0 Å². The van der Waals surface area contributed by atoms with E-state index in [0.717, 1.165) is 30.5 Å². The standard InChI is InChI=1S/C18H11F9N4O5/c19-16(20,21)7-34-11-5-12(35-8-17(22,23)24)29-14(28-11)31-13(32)6-30(15(31)33)9-1-3-10(4-2-9)36-18(25,26)27/h1-6,32H,7-8H2. The molecule has 196 valence electrons. The molecule has 0 amide bonds. The van der Waals surface area contributed by atoms with Crippen LogP contribution < -0.4 is 19.9 Å². The predicted molar refractivity (Wildman–Crippen MR) is 98.4 cm³/mol. The average molecular weight is 534 g/mol. The summed E-state index contributed by atoms with van der Waals surface area (Å²) in [6.07, 6.45) is -14.0. The maximum atomic E-state index is 12.8. The minimum Gasteiger partial charge on any atom is -0.493 e. The van der Waals surface area contributed by atoms with Gasteiger partial charge in [0.1, 0.15) is 5.75 Å². The maximum absolute atomic E-state index is 12.8. The molecule has 0 aliphatic heterocycles. The molecular formula is C18H11F9N4O5. The summed E-state index contributed by atoms with van der Waals surface area (Å²) in [5, 5.41) is 10.2. The second-order valence-corrected chi connectivity index (χ2v) is 6.67. The first-order valence-corrected chi connectivity index (χ1v) is 9.19. The zero-order valence-corrected chi connectivity index (χ0v) is 17.1. The van der Waals surface area contributed by atoms with Crippen molar-refractivity contribution in [2.24, 2.45) is 0 Å². The first-order valence-electron chi connectivity index (χ1n) is 9.19. The number of halogens is 9. The van der Waals surface area contributed by atoms with Gasteiger partial charge in [0.15, 0.2) is 13.2 Å². The number of imidazole rings is 1. The number of ether oxygens (including phenoxy) is 3. The summed E-state index contributed by atoms with van der Waals surface area (Å²) < 4.78 is 125. The lowest BCUT2D eigenvalue weighted by atomic mass is 10.3. The number of alkyl halides is 9. The van der Waals surface area contributed by atoms with Crippen molar-refractivity contribution >= 4 is 0 Å². The van der Waals surface area contributed by atoms with Gasteiger partial charge in [0.05, 0.1) is 18.0 Å². The minimum absolute atomic E-state index is 0.110. The fourth-order valence-electron chi connectivity index (χ4n) is 2.57. The quantitative estimate of drug-likeness (QED) is 0.459. The van der Waals surface area contributed by atoms with Gasteiger partial charge in [0.2, 0.25) is 23.6 Å². The zero-order chi connectivity index (χ0) is 26.9. The Labute approximate surface area is 192 Å². The van der Waals surface area contributed by atoms with Crippen LogP contribution in [0.1, 0.15) is 0 Å². The van der Waals surface area contributed by atoms with Gasteiger partial charge in [-0.2, -0.15) is 40.9 Å². The van der Waals surface area contributed by atoms with Crippen molar-refractivity contribution in [1.29, 1.82) is 0 Å². The highest BCUT2D eigenvalue weighted by Crippen LogP contribution is 2.26. The van der Waals surface area contributed by atoms with Gasteiger partial charge >= 0.3 is 24.4 Å². The van der Waals surface area contributed by atoms with Gasteiger partial charge in [-0.1, -0.05) is 0 Å². The van der Waals surface area contributed by atoms with Crippen molar-refractivity contribution < 1.29 is 58.8 Å². The molecule has 0 saturated heterocycles. The molecule has 0 atom stereocenters. The Morgan fingerprint density at radius 3 is 1.78 bits per heavy atom. The van der Waals surface area contributed by atoms with Crippen LogP contribution in [0.15, 0.2) is 41.3 Å². The number of aromatic hydroxyl groups is 1. The molecular weight excluding hydrogens is 523 g/mol. The van der Waals surface area contributed by atoms with Crippen LogP contribution in [0.25, 0.3) is 11.6 Å². The van der Waals surface area contributed by atoms with E-state index >= 15 is 0 Å². The summed E-state index contributed by atoms with van der Waals surface area (Å²) in [5.41, 5.74) is -1.31. The molecule has 0 fully saturated rings. The largest absolute Gasteiger partial charge is 0.573 e. The van der Waals surface area contributed by atoms with Gasteiger partial charge in [-0.05, 0) is 24.3 Å². The van der Waals surface area contributed by atoms with Crippen molar-refractivity contribution in [1.82, 2.24) is 19.1 Å².